The lowest BCUT2D eigenvalue weighted by Gasteiger charge is -2.28. The minimum atomic E-state index is 0.0576. The number of rotatable bonds is 7. The number of hydrogen-bond donors (Lipinski definition) is 1. The molecule has 1 heterocycles. The molecule has 1 amide bonds. The largest absolute Gasteiger partial charge is 0.372 e. The predicted octanol–water partition coefficient (Wildman–Crippen LogP) is 4.88. The summed E-state index contributed by atoms with van der Waals surface area (Å²) in [4.78, 5) is 14.5. The first-order valence-electron chi connectivity index (χ1n) is 9.14. The van der Waals surface area contributed by atoms with Crippen LogP contribution in [0.1, 0.15) is 30.4 Å². The van der Waals surface area contributed by atoms with Gasteiger partial charge >= 0.3 is 0 Å². The topological polar surface area (TPSA) is 32.3 Å². The van der Waals surface area contributed by atoms with Crippen molar-refractivity contribution in [1.82, 2.24) is 5.32 Å². The number of nitrogens with zero attached hydrogens (tertiary/aromatic N) is 1. The van der Waals surface area contributed by atoms with Crippen molar-refractivity contribution < 1.29 is 4.79 Å². The molecule has 0 bridgehead atoms. The fraction of sp³-hybridized carbons (Fsp3) is 0.381. The third-order valence-corrected chi connectivity index (χ3v) is 5.95. The summed E-state index contributed by atoms with van der Waals surface area (Å²) in [5, 5.41) is 3.75. The zero-order valence-electron chi connectivity index (χ0n) is 14.9. The van der Waals surface area contributed by atoms with E-state index in [1.807, 2.05) is 24.3 Å². The van der Waals surface area contributed by atoms with Gasteiger partial charge in [-0.25, -0.2) is 0 Å². The van der Waals surface area contributed by atoms with Crippen LogP contribution in [0.15, 0.2) is 48.5 Å². The molecule has 1 aliphatic rings. The molecule has 1 N–H and O–H groups in total. The van der Waals surface area contributed by atoms with Gasteiger partial charge in [-0.15, -0.1) is 11.8 Å². The molecule has 1 fully saturated rings. The van der Waals surface area contributed by atoms with E-state index in [0.717, 1.165) is 35.0 Å². The molecule has 3 rings (SSSR count). The van der Waals surface area contributed by atoms with E-state index in [1.165, 1.54) is 24.9 Å². The second kappa shape index (κ2) is 9.89. The molecule has 1 aliphatic heterocycles. The van der Waals surface area contributed by atoms with Gasteiger partial charge in [-0.3, -0.25) is 4.79 Å². The lowest BCUT2D eigenvalue weighted by atomic mass is 10.1. The van der Waals surface area contributed by atoms with Gasteiger partial charge in [0.05, 0.1) is 5.75 Å². The van der Waals surface area contributed by atoms with Gasteiger partial charge in [0.15, 0.2) is 0 Å². The van der Waals surface area contributed by atoms with Gasteiger partial charge in [-0.2, -0.15) is 0 Å². The molecule has 0 aromatic heterocycles. The van der Waals surface area contributed by atoms with E-state index in [-0.39, 0.29) is 5.91 Å². The van der Waals surface area contributed by atoms with Gasteiger partial charge in [0.2, 0.25) is 5.91 Å². The van der Waals surface area contributed by atoms with Crippen LogP contribution < -0.4 is 10.2 Å². The van der Waals surface area contributed by atoms with Crippen LogP contribution in [-0.2, 0) is 17.1 Å². The molecule has 3 nitrogen and oxygen atoms in total. The SMILES string of the molecule is O=C(CSCc1ccccc1Cl)NCc1ccc(N2CCCCC2)cc1. The first-order valence-corrected chi connectivity index (χ1v) is 10.7. The summed E-state index contributed by atoms with van der Waals surface area (Å²) < 4.78 is 0. The van der Waals surface area contributed by atoms with Crippen molar-refractivity contribution in [2.45, 2.75) is 31.6 Å². The van der Waals surface area contributed by atoms with Crippen molar-refractivity contribution in [2.24, 2.45) is 0 Å². The van der Waals surface area contributed by atoms with Crippen LogP contribution in [0.25, 0.3) is 0 Å². The highest BCUT2D eigenvalue weighted by molar-refractivity contribution is 7.99. The van der Waals surface area contributed by atoms with Crippen LogP contribution >= 0.6 is 23.4 Å². The number of piperidine rings is 1. The average Bonchev–Trinajstić information content (AvgIpc) is 2.69. The summed E-state index contributed by atoms with van der Waals surface area (Å²) in [7, 11) is 0. The van der Waals surface area contributed by atoms with Gasteiger partial charge in [-0.1, -0.05) is 41.9 Å². The lowest BCUT2D eigenvalue weighted by molar-refractivity contribution is -0.118. The number of benzene rings is 2. The Bertz CT molecular complexity index is 714. The van der Waals surface area contributed by atoms with Crippen LogP contribution in [0.5, 0.6) is 0 Å². The molecule has 0 spiro atoms. The second-order valence-corrected chi connectivity index (χ2v) is 7.97. The minimum Gasteiger partial charge on any atom is -0.372 e. The number of anilines is 1. The fourth-order valence-corrected chi connectivity index (χ4v) is 4.24. The molecule has 1 saturated heterocycles. The summed E-state index contributed by atoms with van der Waals surface area (Å²) in [5.41, 5.74) is 3.49. The van der Waals surface area contributed by atoms with Crippen LogP contribution in [0.3, 0.4) is 0 Å². The molecule has 0 atom stereocenters. The van der Waals surface area contributed by atoms with Crippen molar-refractivity contribution >= 4 is 35.0 Å². The lowest BCUT2D eigenvalue weighted by Crippen LogP contribution is -2.29. The first kappa shape index (κ1) is 19.1. The predicted molar refractivity (Wildman–Crippen MR) is 112 cm³/mol. The maximum Gasteiger partial charge on any atom is 0.230 e. The summed E-state index contributed by atoms with van der Waals surface area (Å²) in [6.07, 6.45) is 3.91. The molecular weight excluding hydrogens is 364 g/mol. The van der Waals surface area contributed by atoms with Gasteiger partial charge in [0, 0.05) is 36.1 Å². The van der Waals surface area contributed by atoms with Gasteiger partial charge in [0.1, 0.15) is 0 Å². The summed E-state index contributed by atoms with van der Waals surface area (Å²) in [6.45, 7) is 2.88. The molecule has 26 heavy (non-hydrogen) atoms. The van der Waals surface area contributed by atoms with Crippen molar-refractivity contribution in [2.75, 3.05) is 23.7 Å². The minimum absolute atomic E-state index is 0.0576. The Morgan fingerprint density at radius 3 is 2.50 bits per heavy atom. The van der Waals surface area contributed by atoms with E-state index in [9.17, 15) is 4.79 Å². The highest BCUT2D eigenvalue weighted by Gasteiger charge is 2.10. The third kappa shape index (κ3) is 5.68. The standard InChI is InChI=1S/C21H25ClN2OS/c22-20-7-3-2-6-18(20)15-26-16-21(25)23-14-17-8-10-19(11-9-17)24-12-4-1-5-13-24/h2-3,6-11H,1,4-5,12-16H2,(H,23,25). The molecule has 0 radical (unpaired) electrons. The molecule has 0 saturated carbocycles. The normalized spacial score (nSPS) is 14.3. The zero-order valence-corrected chi connectivity index (χ0v) is 16.5. The molecule has 2 aromatic rings. The molecule has 2 aromatic carbocycles. The van der Waals surface area contributed by atoms with E-state index < -0.39 is 0 Å². The number of hydrogen-bond acceptors (Lipinski definition) is 3. The summed E-state index contributed by atoms with van der Waals surface area (Å²) in [5.74, 6) is 1.25. The quantitative estimate of drug-likeness (QED) is 0.733. The van der Waals surface area contributed by atoms with E-state index >= 15 is 0 Å². The van der Waals surface area contributed by atoms with Gasteiger partial charge in [-0.05, 0) is 48.6 Å². The molecule has 5 heteroatoms. The van der Waals surface area contributed by atoms with Crippen molar-refractivity contribution in [3.63, 3.8) is 0 Å². The van der Waals surface area contributed by atoms with E-state index in [1.54, 1.807) is 11.8 Å². The first-order chi connectivity index (χ1) is 12.7. The third-order valence-electron chi connectivity index (χ3n) is 4.60. The number of thioether (sulfide) groups is 1. The Hall–Kier alpha value is -1.65. The Morgan fingerprint density at radius 1 is 1.04 bits per heavy atom. The molecule has 138 valence electrons. The number of carbonyl (C=O) groups is 1. The van der Waals surface area contributed by atoms with Crippen molar-refractivity contribution in [3.8, 4) is 0 Å². The fourth-order valence-electron chi connectivity index (χ4n) is 3.10. The van der Waals surface area contributed by atoms with Crippen molar-refractivity contribution in [1.29, 1.82) is 0 Å². The monoisotopic (exact) mass is 388 g/mol. The number of halogens is 1. The van der Waals surface area contributed by atoms with Crippen LogP contribution in [0.4, 0.5) is 5.69 Å². The maximum absolute atomic E-state index is 12.0. The van der Waals surface area contributed by atoms with E-state index in [2.05, 4.69) is 34.5 Å². The number of amides is 1. The second-order valence-electron chi connectivity index (χ2n) is 6.58. The Labute approximate surface area is 165 Å². The molecule has 0 aliphatic carbocycles. The van der Waals surface area contributed by atoms with Crippen LogP contribution in [-0.4, -0.2) is 24.7 Å². The summed E-state index contributed by atoms with van der Waals surface area (Å²) >= 11 is 7.71. The highest BCUT2D eigenvalue weighted by Crippen LogP contribution is 2.21. The Morgan fingerprint density at radius 2 is 1.77 bits per heavy atom. The maximum atomic E-state index is 12.0. The van der Waals surface area contributed by atoms with Gasteiger partial charge in [0.25, 0.3) is 0 Å². The van der Waals surface area contributed by atoms with E-state index in [4.69, 9.17) is 11.6 Å². The molecule has 0 unspecified atom stereocenters. The number of nitrogens with one attached hydrogen (secondary N) is 1. The summed E-state index contributed by atoms with van der Waals surface area (Å²) in [6, 6.07) is 16.3. The van der Waals surface area contributed by atoms with Crippen LogP contribution in [0, 0.1) is 0 Å². The van der Waals surface area contributed by atoms with Crippen LogP contribution in [0.2, 0.25) is 5.02 Å². The smallest absolute Gasteiger partial charge is 0.230 e. The zero-order chi connectivity index (χ0) is 18.2. The number of carbonyl (C=O) groups excluding carboxylic acids is 1. The van der Waals surface area contributed by atoms with Crippen molar-refractivity contribution in [3.05, 3.63) is 64.7 Å². The highest BCUT2D eigenvalue weighted by atomic mass is 35.5. The molecular formula is C21H25ClN2OS. The van der Waals surface area contributed by atoms with Gasteiger partial charge < -0.3 is 10.2 Å². The Balaban J connectivity index is 1.39. The van der Waals surface area contributed by atoms with E-state index in [0.29, 0.717) is 12.3 Å². The average molecular weight is 389 g/mol. The Kier molecular flexibility index (Phi) is 7.27.